The minimum atomic E-state index is -3.67. The summed E-state index contributed by atoms with van der Waals surface area (Å²) < 4.78 is 30.5. The van der Waals surface area contributed by atoms with Crippen LogP contribution in [0.15, 0.2) is 40.1 Å². The van der Waals surface area contributed by atoms with Gasteiger partial charge in [-0.3, -0.25) is 4.72 Å². The number of anilines is 2. The van der Waals surface area contributed by atoms with Crippen LogP contribution in [0.3, 0.4) is 0 Å². The lowest BCUT2D eigenvalue weighted by Crippen LogP contribution is -2.13. The van der Waals surface area contributed by atoms with Gasteiger partial charge in [-0.1, -0.05) is 5.16 Å². The molecule has 0 amide bonds. The summed E-state index contributed by atoms with van der Waals surface area (Å²) in [5.74, 6) is 0.716. The SMILES string of the molecule is CNc1ccc(S(=O)(=O)Nc2ccon2)cn1. The first-order valence-corrected chi connectivity index (χ1v) is 6.17. The molecule has 2 aromatic rings. The Hall–Kier alpha value is -2.09. The van der Waals surface area contributed by atoms with Gasteiger partial charge in [-0.15, -0.1) is 0 Å². The Morgan fingerprint density at radius 3 is 2.59 bits per heavy atom. The Kier molecular flexibility index (Phi) is 2.96. The summed E-state index contributed by atoms with van der Waals surface area (Å²) in [7, 11) is -1.97. The van der Waals surface area contributed by atoms with Gasteiger partial charge in [0.25, 0.3) is 10.0 Å². The van der Waals surface area contributed by atoms with Crippen LogP contribution in [0.1, 0.15) is 0 Å². The van der Waals surface area contributed by atoms with Crippen LogP contribution in [0.5, 0.6) is 0 Å². The number of sulfonamides is 1. The summed E-state index contributed by atoms with van der Waals surface area (Å²) in [6, 6.07) is 4.42. The van der Waals surface area contributed by atoms with E-state index in [2.05, 4.69) is 24.7 Å². The van der Waals surface area contributed by atoms with Crippen LogP contribution in [0, 0.1) is 0 Å². The highest BCUT2D eigenvalue weighted by Gasteiger charge is 2.15. The second-order valence-corrected chi connectivity index (χ2v) is 4.80. The monoisotopic (exact) mass is 254 g/mol. The average molecular weight is 254 g/mol. The molecule has 0 spiro atoms. The van der Waals surface area contributed by atoms with Crippen LogP contribution < -0.4 is 10.0 Å². The van der Waals surface area contributed by atoms with E-state index < -0.39 is 10.0 Å². The molecular weight excluding hydrogens is 244 g/mol. The summed E-state index contributed by atoms with van der Waals surface area (Å²) in [4.78, 5) is 3.97. The highest BCUT2D eigenvalue weighted by Crippen LogP contribution is 2.14. The van der Waals surface area contributed by atoms with Gasteiger partial charge in [0.15, 0.2) is 5.82 Å². The highest BCUT2D eigenvalue weighted by molar-refractivity contribution is 7.92. The van der Waals surface area contributed by atoms with Gasteiger partial charge in [-0.05, 0) is 12.1 Å². The van der Waals surface area contributed by atoms with Gasteiger partial charge in [0, 0.05) is 19.3 Å². The molecule has 2 rings (SSSR count). The minimum absolute atomic E-state index is 0.0551. The second-order valence-electron chi connectivity index (χ2n) is 3.12. The zero-order valence-electron chi connectivity index (χ0n) is 8.91. The molecule has 0 aliphatic carbocycles. The number of hydrogen-bond acceptors (Lipinski definition) is 6. The van der Waals surface area contributed by atoms with E-state index >= 15 is 0 Å². The maximum atomic E-state index is 11.8. The molecule has 0 atom stereocenters. The molecule has 0 saturated carbocycles. The maximum Gasteiger partial charge on any atom is 0.264 e. The Morgan fingerprint density at radius 1 is 1.24 bits per heavy atom. The summed E-state index contributed by atoms with van der Waals surface area (Å²) in [5.41, 5.74) is 0. The molecule has 0 bridgehead atoms. The molecule has 0 radical (unpaired) electrons. The molecule has 2 heterocycles. The van der Waals surface area contributed by atoms with Crippen LogP contribution >= 0.6 is 0 Å². The molecule has 0 aromatic carbocycles. The third-order valence-corrected chi connectivity index (χ3v) is 3.32. The fourth-order valence-electron chi connectivity index (χ4n) is 1.15. The van der Waals surface area contributed by atoms with Gasteiger partial charge in [-0.2, -0.15) is 0 Å². The van der Waals surface area contributed by atoms with E-state index in [4.69, 9.17) is 0 Å². The lowest BCUT2D eigenvalue weighted by Gasteiger charge is -2.05. The van der Waals surface area contributed by atoms with Crippen molar-refractivity contribution in [3.8, 4) is 0 Å². The molecule has 0 aliphatic heterocycles. The maximum absolute atomic E-state index is 11.8. The fourth-order valence-corrected chi connectivity index (χ4v) is 2.09. The van der Waals surface area contributed by atoms with E-state index in [1.807, 2.05) is 0 Å². The van der Waals surface area contributed by atoms with E-state index in [1.165, 1.54) is 24.6 Å². The molecule has 0 aliphatic rings. The predicted molar refractivity (Wildman–Crippen MR) is 61.1 cm³/mol. The number of pyridine rings is 1. The van der Waals surface area contributed by atoms with E-state index in [0.29, 0.717) is 5.82 Å². The van der Waals surface area contributed by atoms with E-state index in [1.54, 1.807) is 13.1 Å². The van der Waals surface area contributed by atoms with Gasteiger partial charge in [0.1, 0.15) is 17.0 Å². The van der Waals surface area contributed by atoms with Crippen molar-refractivity contribution in [3.05, 3.63) is 30.7 Å². The Bertz CT molecular complexity index is 577. The van der Waals surface area contributed by atoms with Crippen LogP contribution in [0.4, 0.5) is 11.6 Å². The van der Waals surface area contributed by atoms with Crippen molar-refractivity contribution in [1.82, 2.24) is 10.1 Å². The number of rotatable bonds is 4. The van der Waals surface area contributed by atoms with Gasteiger partial charge in [-0.25, -0.2) is 13.4 Å². The molecule has 7 nitrogen and oxygen atoms in total. The molecule has 2 aromatic heterocycles. The van der Waals surface area contributed by atoms with E-state index in [9.17, 15) is 8.42 Å². The van der Waals surface area contributed by atoms with Crippen LogP contribution in [0.25, 0.3) is 0 Å². The molecule has 8 heteroatoms. The van der Waals surface area contributed by atoms with Gasteiger partial charge in [0.05, 0.1) is 0 Å². The predicted octanol–water partition coefficient (Wildman–Crippen LogP) is 0.912. The smallest absolute Gasteiger partial charge is 0.264 e. The third kappa shape index (κ3) is 2.53. The molecule has 17 heavy (non-hydrogen) atoms. The zero-order valence-corrected chi connectivity index (χ0v) is 9.73. The first-order chi connectivity index (χ1) is 8.12. The number of hydrogen-bond donors (Lipinski definition) is 2. The van der Waals surface area contributed by atoms with Crippen molar-refractivity contribution in [2.75, 3.05) is 17.1 Å². The van der Waals surface area contributed by atoms with E-state index in [0.717, 1.165) is 0 Å². The first kappa shape index (κ1) is 11.4. The molecule has 0 unspecified atom stereocenters. The number of aromatic nitrogens is 2. The second kappa shape index (κ2) is 4.42. The van der Waals surface area contributed by atoms with Crippen molar-refractivity contribution in [3.63, 3.8) is 0 Å². The third-order valence-electron chi connectivity index (χ3n) is 1.98. The molecule has 90 valence electrons. The van der Waals surface area contributed by atoms with Crippen molar-refractivity contribution in [2.24, 2.45) is 0 Å². The van der Waals surface area contributed by atoms with Crippen molar-refractivity contribution < 1.29 is 12.9 Å². The number of nitrogens with zero attached hydrogens (tertiary/aromatic N) is 2. The quantitative estimate of drug-likeness (QED) is 0.841. The Morgan fingerprint density at radius 2 is 2.06 bits per heavy atom. The highest BCUT2D eigenvalue weighted by atomic mass is 32.2. The van der Waals surface area contributed by atoms with Crippen LogP contribution in [0.2, 0.25) is 0 Å². The van der Waals surface area contributed by atoms with Crippen LogP contribution in [-0.4, -0.2) is 25.6 Å². The van der Waals surface area contributed by atoms with Gasteiger partial charge < -0.3 is 9.84 Å². The normalized spacial score (nSPS) is 11.1. The lowest BCUT2D eigenvalue weighted by molar-refractivity contribution is 0.423. The average Bonchev–Trinajstić information content (AvgIpc) is 2.81. The largest absolute Gasteiger partial charge is 0.373 e. The Labute approximate surface area is 97.9 Å². The first-order valence-electron chi connectivity index (χ1n) is 4.69. The molecule has 0 saturated heterocycles. The molecular formula is C9H10N4O3S. The van der Waals surface area contributed by atoms with Crippen LogP contribution in [-0.2, 0) is 10.0 Å². The summed E-state index contributed by atoms with van der Waals surface area (Å²) in [5, 5.41) is 6.26. The Balaban J connectivity index is 2.25. The van der Waals surface area contributed by atoms with E-state index in [-0.39, 0.29) is 10.7 Å². The van der Waals surface area contributed by atoms with Crippen molar-refractivity contribution in [2.45, 2.75) is 4.90 Å². The summed E-state index contributed by atoms with van der Waals surface area (Å²) in [6.45, 7) is 0. The van der Waals surface area contributed by atoms with Crippen molar-refractivity contribution in [1.29, 1.82) is 0 Å². The van der Waals surface area contributed by atoms with Gasteiger partial charge in [0.2, 0.25) is 0 Å². The lowest BCUT2D eigenvalue weighted by atomic mass is 10.5. The summed E-state index contributed by atoms with van der Waals surface area (Å²) in [6.07, 6.45) is 2.54. The zero-order chi connectivity index (χ0) is 12.3. The molecule has 0 fully saturated rings. The number of nitrogens with one attached hydrogen (secondary N) is 2. The van der Waals surface area contributed by atoms with Crippen molar-refractivity contribution >= 4 is 21.7 Å². The fraction of sp³-hybridized carbons (Fsp3) is 0.111. The standard InChI is InChI=1S/C9H10N4O3S/c1-10-8-3-2-7(6-11-8)17(14,15)13-9-4-5-16-12-9/h2-6H,1H3,(H,10,11)(H,12,13). The molecule has 2 N–H and O–H groups in total. The summed E-state index contributed by atoms with van der Waals surface area (Å²) >= 11 is 0. The minimum Gasteiger partial charge on any atom is -0.373 e. The van der Waals surface area contributed by atoms with Gasteiger partial charge >= 0.3 is 0 Å². The topological polar surface area (TPSA) is 97.1 Å².